The topological polar surface area (TPSA) is 61.8 Å². The van der Waals surface area contributed by atoms with Gasteiger partial charge in [-0.15, -0.1) is 0 Å². The lowest BCUT2D eigenvalue weighted by Crippen LogP contribution is -2.21. The van der Waals surface area contributed by atoms with Crippen molar-refractivity contribution in [2.45, 2.75) is 0 Å². The monoisotopic (exact) mass is 654 g/mol. The predicted molar refractivity (Wildman–Crippen MR) is 205 cm³/mol. The van der Waals surface area contributed by atoms with E-state index in [1.165, 1.54) is 26.4 Å². The molecule has 1 aliphatic rings. The Morgan fingerprint density at radius 3 is 1.67 bits per heavy atom. The van der Waals surface area contributed by atoms with Crippen molar-refractivity contribution in [3.8, 4) is 28.2 Å². The quantitative estimate of drug-likeness (QED) is 0.191. The minimum Gasteiger partial charge on any atom is -0.309 e. The Hall–Kier alpha value is -7.05. The lowest BCUT2D eigenvalue weighted by molar-refractivity contribution is 0.103. The summed E-state index contributed by atoms with van der Waals surface area (Å²) >= 11 is 0. The molecule has 10 aromatic rings. The van der Waals surface area contributed by atoms with Gasteiger partial charge in [0.1, 0.15) is 0 Å². The molecular formula is C45H26N4O2. The van der Waals surface area contributed by atoms with Crippen LogP contribution in [-0.2, 0) is 0 Å². The van der Waals surface area contributed by atoms with E-state index in [-0.39, 0.29) is 17.2 Å². The Morgan fingerprint density at radius 2 is 0.980 bits per heavy atom. The number of carbonyl (C=O) groups excluding carboxylic acids is 1. The van der Waals surface area contributed by atoms with E-state index in [2.05, 4.69) is 117 Å². The Kier molecular flexibility index (Phi) is 5.59. The number of para-hydroxylation sites is 4. The number of aromatic nitrogens is 4. The minimum atomic E-state index is -0.248. The standard InChI is InChI=1S/C45H26N4O2/c50-43-33-14-6-9-17-40(33)49-44(43)46-37-21-20-30(26-36(37)45(49)51)48-39-16-8-5-13-32(39)35-25-28(19-23-42(35)48)27-18-22-41-34(24-27)31-12-4-7-15-38(31)47(41)29-10-2-1-3-11-29/h1-26H. The van der Waals surface area contributed by atoms with Crippen molar-refractivity contribution in [3.63, 3.8) is 0 Å². The van der Waals surface area contributed by atoms with Crippen LogP contribution < -0.4 is 5.56 Å². The SMILES string of the molecule is O=C1c2ccccc2-n2c1nc1ccc(-n3c4ccccc4c4cc(-c5ccc6c(c5)c5ccccc5n6-c5ccccc5)ccc43)cc1c2=O. The molecule has 6 nitrogen and oxygen atoms in total. The largest absolute Gasteiger partial charge is 0.309 e. The molecule has 0 N–H and O–H groups in total. The van der Waals surface area contributed by atoms with Gasteiger partial charge in [-0.05, 0) is 90.0 Å². The first-order chi connectivity index (χ1) is 25.1. The Labute approximate surface area is 290 Å². The van der Waals surface area contributed by atoms with Crippen LogP contribution in [0.1, 0.15) is 16.2 Å². The van der Waals surface area contributed by atoms with Gasteiger partial charge in [0.2, 0.25) is 5.78 Å². The van der Waals surface area contributed by atoms with Gasteiger partial charge in [0, 0.05) is 32.9 Å². The van der Waals surface area contributed by atoms with Gasteiger partial charge >= 0.3 is 0 Å². The molecule has 0 unspecified atom stereocenters. The summed E-state index contributed by atoms with van der Waals surface area (Å²) in [6.45, 7) is 0. The third-order valence-corrected chi connectivity index (χ3v) is 10.4. The summed E-state index contributed by atoms with van der Waals surface area (Å²) in [5.74, 6) is -0.0679. The number of benzene rings is 7. The lowest BCUT2D eigenvalue weighted by atomic mass is 10.0. The predicted octanol–water partition coefficient (Wildman–Crippen LogP) is 9.79. The number of carbonyl (C=O) groups is 1. The van der Waals surface area contributed by atoms with E-state index in [4.69, 9.17) is 0 Å². The average molecular weight is 655 g/mol. The first kappa shape index (κ1) is 27.9. The molecule has 0 radical (unpaired) electrons. The molecule has 4 heterocycles. The lowest BCUT2D eigenvalue weighted by Gasteiger charge is -2.11. The fraction of sp³-hybridized carbons (Fsp3) is 0. The molecule has 1 aliphatic heterocycles. The Balaban J connectivity index is 1.09. The maximum atomic E-state index is 14.0. The number of nitrogens with zero attached hydrogens (tertiary/aromatic N) is 4. The van der Waals surface area contributed by atoms with Crippen molar-refractivity contribution >= 4 is 60.3 Å². The molecule has 0 bridgehead atoms. The van der Waals surface area contributed by atoms with Gasteiger partial charge in [-0.3, -0.25) is 14.2 Å². The zero-order chi connectivity index (χ0) is 33.8. The van der Waals surface area contributed by atoms with Gasteiger partial charge in [-0.25, -0.2) is 4.98 Å². The Bertz CT molecular complexity index is 3180. The average Bonchev–Trinajstić information content (AvgIpc) is 3.80. The number of hydrogen-bond donors (Lipinski definition) is 0. The van der Waals surface area contributed by atoms with Crippen LogP contribution in [0.2, 0.25) is 0 Å². The maximum Gasteiger partial charge on any atom is 0.266 e. The molecule has 3 aromatic heterocycles. The third kappa shape index (κ3) is 3.84. The summed E-state index contributed by atoms with van der Waals surface area (Å²) < 4.78 is 6.00. The molecule has 0 spiro atoms. The minimum absolute atomic E-state index is 0.161. The highest BCUT2D eigenvalue weighted by molar-refractivity contribution is 6.14. The highest BCUT2D eigenvalue weighted by atomic mass is 16.1. The summed E-state index contributed by atoms with van der Waals surface area (Å²) in [4.78, 5) is 31.8. The summed E-state index contributed by atoms with van der Waals surface area (Å²) in [7, 11) is 0. The van der Waals surface area contributed by atoms with Crippen LogP contribution in [0.25, 0.3) is 82.7 Å². The third-order valence-electron chi connectivity index (χ3n) is 10.4. The highest BCUT2D eigenvalue weighted by Gasteiger charge is 2.30. The first-order valence-electron chi connectivity index (χ1n) is 17.0. The van der Waals surface area contributed by atoms with Crippen LogP contribution in [0.4, 0.5) is 0 Å². The smallest absolute Gasteiger partial charge is 0.266 e. The van der Waals surface area contributed by atoms with Crippen LogP contribution in [0.3, 0.4) is 0 Å². The number of rotatable bonds is 3. The van der Waals surface area contributed by atoms with Gasteiger partial charge in [0.05, 0.1) is 44.2 Å². The second kappa shape index (κ2) is 10.2. The van der Waals surface area contributed by atoms with Gasteiger partial charge in [-0.2, -0.15) is 0 Å². The molecule has 0 aliphatic carbocycles. The van der Waals surface area contributed by atoms with E-state index >= 15 is 0 Å². The van der Waals surface area contributed by atoms with Gasteiger partial charge in [-0.1, -0.05) is 78.9 Å². The van der Waals surface area contributed by atoms with E-state index in [1.54, 1.807) is 12.1 Å². The molecular weight excluding hydrogens is 629 g/mol. The summed E-state index contributed by atoms with van der Waals surface area (Å²) in [6.07, 6.45) is 0. The Morgan fingerprint density at radius 1 is 0.412 bits per heavy atom. The van der Waals surface area contributed by atoms with Crippen molar-refractivity contribution in [1.82, 2.24) is 18.7 Å². The van der Waals surface area contributed by atoms with E-state index in [0.717, 1.165) is 44.3 Å². The fourth-order valence-electron chi connectivity index (χ4n) is 8.11. The molecule has 0 saturated carbocycles. The molecule has 7 aromatic carbocycles. The van der Waals surface area contributed by atoms with Crippen LogP contribution in [0.15, 0.2) is 163 Å². The molecule has 0 atom stereocenters. The zero-order valence-corrected chi connectivity index (χ0v) is 27.1. The van der Waals surface area contributed by atoms with Crippen molar-refractivity contribution in [2.75, 3.05) is 0 Å². The van der Waals surface area contributed by atoms with E-state index in [1.807, 2.05) is 42.5 Å². The second-order valence-electron chi connectivity index (χ2n) is 13.1. The van der Waals surface area contributed by atoms with Gasteiger partial charge in [0.15, 0.2) is 5.82 Å². The first-order valence-corrected chi connectivity index (χ1v) is 17.0. The van der Waals surface area contributed by atoms with Gasteiger partial charge in [0.25, 0.3) is 5.56 Å². The van der Waals surface area contributed by atoms with Crippen molar-refractivity contribution < 1.29 is 4.79 Å². The van der Waals surface area contributed by atoms with Crippen molar-refractivity contribution in [2.24, 2.45) is 0 Å². The molecule has 0 amide bonds. The second-order valence-corrected chi connectivity index (χ2v) is 13.1. The molecule has 6 heteroatoms. The number of ketones is 1. The summed E-state index contributed by atoms with van der Waals surface area (Å²) in [6, 6.07) is 53.8. The molecule has 0 fully saturated rings. The number of hydrogen-bond acceptors (Lipinski definition) is 3. The van der Waals surface area contributed by atoms with Crippen LogP contribution in [0.5, 0.6) is 0 Å². The van der Waals surface area contributed by atoms with Crippen LogP contribution in [0, 0.1) is 0 Å². The molecule has 51 heavy (non-hydrogen) atoms. The summed E-state index contributed by atoms with van der Waals surface area (Å²) in [5, 5.41) is 5.14. The molecule has 0 saturated heterocycles. The number of fused-ring (bicyclic) bond motifs is 10. The highest BCUT2D eigenvalue weighted by Crippen LogP contribution is 2.38. The van der Waals surface area contributed by atoms with E-state index < -0.39 is 0 Å². The van der Waals surface area contributed by atoms with Crippen LogP contribution in [-0.4, -0.2) is 24.5 Å². The van der Waals surface area contributed by atoms with Gasteiger partial charge < -0.3 is 9.13 Å². The normalized spacial score (nSPS) is 12.4. The van der Waals surface area contributed by atoms with E-state index in [9.17, 15) is 9.59 Å². The van der Waals surface area contributed by atoms with Crippen LogP contribution >= 0.6 is 0 Å². The summed E-state index contributed by atoms with van der Waals surface area (Å²) in [5.41, 5.74) is 10.0. The molecule has 238 valence electrons. The zero-order valence-electron chi connectivity index (χ0n) is 27.1. The van der Waals surface area contributed by atoms with E-state index in [0.29, 0.717) is 22.2 Å². The van der Waals surface area contributed by atoms with Crippen molar-refractivity contribution in [3.05, 3.63) is 179 Å². The molecule has 11 rings (SSSR count). The maximum absolute atomic E-state index is 14.0. The fourth-order valence-corrected chi connectivity index (χ4v) is 8.11. The van der Waals surface area contributed by atoms with Crippen molar-refractivity contribution in [1.29, 1.82) is 0 Å².